The van der Waals surface area contributed by atoms with Crippen LogP contribution in [-0.4, -0.2) is 61.1 Å². The van der Waals surface area contributed by atoms with Crippen molar-refractivity contribution in [3.8, 4) is 11.8 Å². The number of methoxy groups -OCH3 is 2. The number of carbonyl (C=O) groups is 1. The number of hydrogen-bond acceptors (Lipinski definition) is 5. The van der Waals surface area contributed by atoms with Gasteiger partial charge in [0.15, 0.2) is 0 Å². The minimum absolute atomic E-state index is 0.0371. The smallest absolute Gasteiger partial charge is 0.259 e. The van der Waals surface area contributed by atoms with E-state index in [9.17, 15) is 4.79 Å². The lowest BCUT2D eigenvalue weighted by Crippen LogP contribution is -2.33. The van der Waals surface area contributed by atoms with E-state index in [1.165, 1.54) is 38.6 Å². The summed E-state index contributed by atoms with van der Waals surface area (Å²) in [6.07, 6.45) is 5.80. The van der Waals surface area contributed by atoms with Crippen LogP contribution < -0.4 is 9.47 Å². The molecule has 0 bridgehead atoms. The highest BCUT2D eigenvalue weighted by Gasteiger charge is 2.34. The summed E-state index contributed by atoms with van der Waals surface area (Å²) in [4.78, 5) is 22.0. The Labute approximate surface area is 185 Å². The molecule has 1 saturated carbocycles. The summed E-state index contributed by atoms with van der Waals surface area (Å²) in [5.41, 5.74) is 3.03. The zero-order chi connectivity index (χ0) is 21.8. The third-order valence-corrected chi connectivity index (χ3v) is 6.45. The first-order valence-electron chi connectivity index (χ1n) is 11.2. The van der Waals surface area contributed by atoms with Gasteiger partial charge in [0.1, 0.15) is 5.56 Å². The zero-order valence-corrected chi connectivity index (χ0v) is 18.8. The Morgan fingerprint density at radius 1 is 1.00 bits per heavy atom. The monoisotopic (exact) mass is 423 g/mol. The second kappa shape index (κ2) is 9.69. The van der Waals surface area contributed by atoms with Crippen LogP contribution in [0.3, 0.4) is 0 Å². The van der Waals surface area contributed by atoms with E-state index in [1.54, 1.807) is 19.2 Å². The van der Waals surface area contributed by atoms with Gasteiger partial charge in [-0.2, -0.15) is 4.98 Å². The Hall–Kier alpha value is -2.60. The number of rotatable bonds is 8. The number of amides is 1. The molecule has 1 saturated heterocycles. The van der Waals surface area contributed by atoms with Crippen molar-refractivity contribution >= 4 is 5.91 Å². The standard InChI is InChI=1S/C25H33N3O3/c1-27-14-12-19(13-15-27)16-18-4-6-20(7-5-18)17-28(21-8-9-21)25(29)22-10-11-23(30-2)26-24(22)31-3/h4-7,10-11,19,21H,8-9,12-17H2,1-3H3. The molecular weight excluding hydrogens is 390 g/mol. The molecule has 0 unspecified atom stereocenters. The molecule has 2 fully saturated rings. The fourth-order valence-corrected chi connectivity index (χ4v) is 4.34. The van der Waals surface area contributed by atoms with Crippen molar-refractivity contribution in [2.45, 2.75) is 44.7 Å². The van der Waals surface area contributed by atoms with Gasteiger partial charge in [0.25, 0.3) is 5.91 Å². The van der Waals surface area contributed by atoms with Crippen LogP contribution in [0.1, 0.15) is 47.2 Å². The molecule has 4 rings (SSSR count). The molecule has 6 heteroatoms. The van der Waals surface area contributed by atoms with E-state index >= 15 is 0 Å². The quantitative estimate of drug-likeness (QED) is 0.647. The Morgan fingerprint density at radius 3 is 2.29 bits per heavy atom. The molecule has 0 spiro atoms. The predicted octanol–water partition coefficient (Wildman–Crippen LogP) is 3.79. The Morgan fingerprint density at radius 2 is 1.68 bits per heavy atom. The summed E-state index contributed by atoms with van der Waals surface area (Å²) in [5.74, 6) is 1.49. The lowest BCUT2D eigenvalue weighted by molar-refractivity contribution is 0.0725. The normalized spacial score (nSPS) is 17.4. The number of pyridine rings is 1. The molecule has 31 heavy (non-hydrogen) atoms. The van der Waals surface area contributed by atoms with Gasteiger partial charge in [-0.1, -0.05) is 24.3 Å². The maximum absolute atomic E-state index is 13.3. The largest absolute Gasteiger partial charge is 0.481 e. The summed E-state index contributed by atoms with van der Waals surface area (Å²) >= 11 is 0. The third kappa shape index (κ3) is 5.37. The molecule has 166 valence electrons. The van der Waals surface area contributed by atoms with Gasteiger partial charge in [0.2, 0.25) is 11.8 Å². The average molecular weight is 424 g/mol. The molecule has 2 aromatic rings. The molecule has 1 amide bonds. The summed E-state index contributed by atoms with van der Waals surface area (Å²) in [6, 6.07) is 12.6. The van der Waals surface area contributed by atoms with Crippen molar-refractivity contribution in [2.24, 2.45) is 5.92 Å². The van der Waals surface area contributed by atoms with Gasteiger partial charge in [-0.05, 0) is 75.4 Å². The van der Waals surface area contributed by atoms with E-state index in [0.717, 1.165) is 30.7 Å². The van der Waals surface area contributed by atoms with Gasteiger partial charge in [-0.15, -0.1) is 0 Å². The topological polar surface area (TPSA) is 54.9 Å². The fraction of sp³-hybridized carbons (Fsp3) is 0.520. The summed E-state index contributed by atoms with van der Waals surface area (Å²) in [5, 5.41) is 0. The Balaban J connectivity index is 1.43. The van der Waals surface area contributed by atoms with Gasteiger partial charge < -0.3 is 19.3 Å². The van der Waals surface area contributed by atoms with Gasteiger partial charge in [-0.3, -0.25) is 4.79 Å². The third-order valence-electron chi connectivity index (χ3n) is 6.45. The van der Waals surface area contributed by atoms with Crippen LogP contribution >= 0.6 is 0 Å². The average Bonchev–Trinajstić information content (AvgIpc) is 3.64. The maximum atomic E-state index is 13.3. The van der Waals surface area contributed by atoms with E-state index in [1.807, 2.05) is 4.90 Å². The number of piperidine rings is 1. The zero-order valence-electron chi connectivity index (χ0n) is 18.8. The van der Waals surface area contributed by atoms with Crippen molar-refractivity contribution < 1.29 is 14.3 Å². The fourth-order valence-electron chi connectivity index (χ4n) is 4.34. The summed E-state index contributed by atoms with van der Waals surface area (Å²) in [6.45, 7) is 3.00. The van der Waals surface area contributed by atoms with Gasteiger partial charge in [0, 0.05) is 18.7 Å². The van der Waals surface area contributed by atoms with Gasteiger partial charge in [0.05, 0.1) is 14.2 Å². The van der Waals surface area contributed by atoms with Crippen LogP contribution in [-0.2, 0) is 13.0 Å². The summed E-state index contributed by atoms with van der Waals surface area (Å²) in [7, 11) is 5.29. The van der Waals surface area contributed by atoms with Crippen molar-refractivity contribution in [3.05, 3.63) is 53.1 Å². The van der Waals surface area contributed by atoms with E-state index in [4.69, 9.17) is 9.47 Å². The number of ether oxygens (including phenoxy) is 2. The first kappa shape index (κ1) is 21.6. The van der Waals surface area contributed by atoms with Crippen molar-refractivity contribution in [3.63, 3.8) is 0 Å². The number of carbonyl (C=O) groups excluding carboxylic acids is 1. The van der Waals surface area contributed by atoms with E-state index in [2.05, 4.69) is 41.2 Å². The van der Waals surface area contributed by atoms with Gasteiger partial charge in [-0.25, -0.2) is 0 Å². The highest BCUT2D eigenvalue weighted by Crippen LogP contribution is 2.32. The van der Waals surface area contributed by atoms with Crippen LogP contribution in [0.25, 0.3) is 0 Å². The number of nitrogens with zero attached hydrogens (tertiary/aromatic N) is 3. The van der Waals surface area contributed by atoms with Crippen LogP contribution in [0.15, 0.2) is 36.4 Å². The number of hydrogen-bond donors (Lipinski definition) is 0. The number of benzene rings is 1. The number of likely N-dealkylation sites (tertiary alicyclic amines) is 1. The van der Waals surface area contributed by atoms with E-state index < -0.39 is 0 Å². The molecular formula is C25H33N3O3. The molecule has 0 radical (unpaired) electrons. The lowest BCUT2D eigenvalue weighted by Gasteiger charge is -2.29. The molecule has 2 aliphatic rings. The Bertz CT molecular complexity index is 887. The molecule has 2 heterocycles. The second-order valence-corrected chi connectivity index (χ2v) is 8.84. The molecule has 0 N–H and O–H groups in total. The first-order valence-corrected chi connectivity index (χ1v) is 11.2. The van der Waals surface area contributed by atoms with Gasteiger partial charge >= 0.3 is 0 Å². The minimum Gasteiger partial charge on any atom is -0.481 e. The highest BCUT2D eigenvalue weighted by atomic mass is 16.5. The highest BCUT2D eigenvalue weighted by molar-refractivity contribution is 5.96. The van der Waals surface area contributed by atoms with Crippen LogP contribution in [0, 0.1) is 5.92 Å². The predicted molar refractivity (Wildman–Crippen MR) is 121 cm³/mol. The van der Waals surface area contributed by atoms with E-state index in [-0.39, 0.29) is 5.91 Å². The molecule has 0 atom stereocenters. The SMILES string of the molecule is COc1ccc(C(=O)N(Cc2ccc(CC3CCN(C)CC3)cc2)C2CC2)c(OC)n1. The molecule has 1 aromatic carbocycles. The Kier molecular flexibility index (Phi) is 6.76. The van der Waals surface area contributed by atoms with Crippen molar-refractivity contribution in [1.29, 1.82) is 0 Å². The lowest BCUT2D eigenvalue weighted by atomic mass is 9.90. The molecule has 1 aromatic heterocycles. The molecule has 1 aliphatic carbocycles. The van der Waals surface area contributed by atoms with E-state index in [0.29, 0.717) is 29.9 Å². The van der Waals surface area contributed by atoms with Crippen molar-refractivity contribution in [1.82, 2.24) is 14.8 Å². The second-order valence-electron chi connectivity index (χ2n) is 8.84. The number of aromatic nitrogens is 1. The van der Waals surface area contributed by atoms with Crippen LogP contribution in [0.4, 0.5) is 0 Å². The van der Waals surface area contributed by atoms with Crippen LogP contribution in [0.2, 0.25) is 0 Å². The van der Waals surface area contributed by atoms with Crippen LogP contribution in [0.5, 0.6) is 11.8 Å². The molecule has 1 aliphatic heterocycles. The first-order chi connectivity index (χ1) is 15.1. The minimum atomic E-state index is -0.0371. The summed E-state index contributed by atoms with van der Waals surface area (Å²) < 4.78 is 10.5. The van der Waals surface area contributed by atoms with Crippen molar-refractivity contribution in [2.75, 3.05) is 34.4 Å². The maximum Gasteiger partial charge on any atom is 0.259 e. The molecule has 6 nitrogen and oxygen atoms in total.